The standard InChI is InChI=1S/C22H29ClFN5O8P2/c1-3-7-15(11-37-39(35,36)12-38(32,33)34)18(30)17(24)21(31)29-20-16(10-25-29)19(27-22(23)28-20)26-13(2)14-8-5-4-6-9-14/h4-10,13,17-18,21,30-31H,3,11-12H2,1-2H3,(H,35,36)(H,26,27,28)(H2,32,33,34)/b15-7-/t13-,17-,18+,21+/m0/s1. The number of rotatable bonds is 13. The van der Waals surface area contributed by atoms with Crippen molar-refractivity contribution in [1.29, 1.82) is 0 Å². The molecule has 13 nitrogen and oxygen atoms in total. The maximum absolute atomic E-state index is 15.4. The molecular formula is C22H29ClFN5O8P2. The number of nitrogens with one attached hydrogen (secondary N) is 1. The average Bonchev–Trinajstić information content (AvgIpc) is 3.28. The lowest BCUT2D eigenvalue weighted by Crippen LogP contribution is -2.35. The molecule has 3 aromatic rings. The molecule has 17 heteroatoms. The van der Waals surface area contributed by atoms with Crippen LogP contribution in [-0.4, -0.2) is 69.4 Å². The zero-order chi connectivity index (χ0) is 29.0. The molecule has 2 heterocycles. The summed E-state index contributed by atoms with van der Waals surface area (Å²) in [6.07, 6.45) is -3.71. The second-order valence-electron chi connectivity index (χ2n) is 8.65. The van der Waals surface area contributed by atoms with Crippen molar-refractivity contribution in [2.45, 2.75) is 44.8 Å². The lowest BCUT2D eigenvalue weighted by atomic mass is 10.0. The SMILES string of the molecule is CC/C=C(/COP(=O)(O)CP(=O)(O)O)[C@@H](O)[C@H](F)[C@@H](O)n1ncc2c(N[C@@H](C)c3ccccc3)nc(Cl)nc21. The molecule has 0 aliphatic heterocycles. The number of fused-ring (bicyclic) bond motifs is 1. The Labute approximate surface area is 228 Å². The number of aromatic nitrogens is 4. The van der Waals surface area contributed by atoms with Crippen LogP contribution in [0.3, 0.4) is 0 Å². The van der Waals surface area contributed by atoms with Gasteiger partial charge in [-0.25, -0.2) is 9.07 Å². The van der Waals surface area contributed by atoms with Crippen molar-refractivity contribution in [1.82, 2.24) is 19.7 Å². The van der Waals surface area contributed by atoms with E-state index >= 15 is 4.39 Å². The van der Waals surface area contributed by atoms with Gasteiger partial charge in [-0.2, -0.15) is 15.1 Å². The Kier molecular flexibility index (Phi) is 10.4. The summed E-state index contributed by atoms with van der Waals surface area (Å²) in [6.45, 7) is 2.70. The monoisotopic (exact) mass is 607 g/mol. The third-order valence-electron chi connectivity index (χ3n) is 5.56. The van der Waals surface area contributed by atoms with Crippen LogP contribution in [0.5, 0.6) is 0 Å². The van der Waals surface area contributed by atoms with Crippen LogP contribution in [0.1, 0.15) is 38.1 Å². The van der Waals surface area contributed by atoms with Crippen molar-refractivity contribution < 1.29 is 42.9 Å². The van der Waals surface area contributed by atoms with Gasteiger partial charge in [-0.1, -0.05) is 43.3 Å². The zero-order valence-electron chi connectivity index (χ0n) is 20.9. The molecule has 1 aromatic carbocycles. The molecule has 0 aliphatic carbocycles. The topological polar surface area (TPSA) is 200 Å². The molecule has 0 bridgehead atoms. The van der Waals surface area contributed by atoms with Crippen molar-refractivity contribution in [2.24, 2.45) is 0 Å². The van der Waals surface area contributed by atoms with Gasteiger partial charge in [0.2, 0.25) is 5.28 Å². The van der Waals surface area contributed by atoms with Gasteiger partial charge in [0.25, 0.3) is 0 Å². The number of hydrogen-bond acceptors (Lipinski definition) is 9. The van der Waals surface area contributed by atoms with E-state index in [-0.39, 0.29) is 34.8 Å². The van der Waals surface area contributed by atoms with Crippen LogP contribution in [0.2, 0.25) is 5.28 Å². The number of aliphatic hydroxyl groups is 2. The van der Waals surface area contributed by atoms with Crippen molar-refractivity contribution in [3.8, 4) is 0 Å². The fraction of sp³-hybridized carbons (Fsp3) is 0.409. The van der Waals surface area contributed by atoms with Crippen molar-refractivity contribution >= 4 is 43.6 Å². The Balaban J connectivity index is 1.83. The van der Waals surface area contributed by atoms with E-state index in [1.54, 1.807) is 6.92 Å². The van der Waals surface area contributed by atoms with E-state index in [9.17, 15) is 24.2 Å². The highest BCUT2D eigenvalue weighted by Gasteiger charge is 2.35. The van der Waals surface area contributed by atoms with E-state index in [0.717, 1.165) is 10.2 Å². The Bertz CT molecular complexity index is 1410. The highest BCUT2D eigenvalue weighted by molar-refractivity contribution is 7.70. The summed E-state index contributed by atoms with van der Waals surface area (Å²) >= 11 is 6.09. The van der Waals surface area contributed by atoms with Gasteiger partial charge in [0.05, 0.1) is 18.2 Å². The van der Waals surface area contributed by atoms with Gasteiger partial charge >= 0.3 is 15.2 Å². The number of nitrogens with zero attached hydrogens (tertiary/aromatic N) is 4. The number of anilines is 1. The van der Waals surface area contributed by atoms with Gasteiger partial charge in [-0.05, 0) is 36.1 Å². The van der Waals surface area contributed by atoms with Crippen LogP contribution in [0.25, 0.3) is 11.0 Å². The first kappa shape index (κ1) is 31.3. The maximum Gasteiger partial charge on any atom is 0.340 e. The van der Waals surface area contributed by atoms with Crippen LogP contribution >= 0.6 is 26.8 Å². The summed E-state index contributed by atoms with van der Waals surface area (Å²) in [5.74, 6) is -1.17. The molecule has 39 heavy (non-hydrogen) atoms. The molecule has 0 saturated carbocycles. The first-order chi connectivity index (χ1) is 18.2. The predicted molar refractivity (Wildman–Crippen MR) is 142 cm³/mol. The molecule has 0 aliphatic rings. The molecule has 5 atom stereocenters. The molecule has 214 valence electrons. The normalized spacial score (nSPS) is 17.4. The fourth-order valence-corrected chi connectivity index (χ4v) is 6.42. The molecule has 0 radical (unpaired) electrons. The minimum Gasteiger partial charge on any atom is -0.385 e. The van der Waals surface area contributed by atoms with Crippen LogP contribution in [0, 0.1) is 0 Å². The third kappa shape index (κ3) is 8.37. The molecule has 1 unspecified atom stereocenters. The van der Waals surface area contributed by atoms with E-state index in [0.29, 0.717) is 5.39 Å². The zero-order valence-corrected chi connectivity index (χ0v) is 23.4. The summed E-state index contributed by atoms with van der Waals surface area (Å²) in [5.41, 5.74) is 0.691. The van der Waals surface area contributed by atoms with Gasteiger partial charge in [-0.15, -0.1) is 0 Å². The Morgan fingerprint density at radius 1 is 1.21 bits per heavy atom. The quantitative estimate of drug-likeness (QED) is 0.0939. The molecule has 0 spiro atoms. The van der Waals surface area contributed by atoms with Gasteiger partial charge in [-0.3, -0.25) is 9.13 Å². The van der Waals surface area contributed by atoms with Crippen LogP contribution in [-0.2, 0) is 13.7 Å². The number of aliphatic hydroxyl groups excluding tert-OH is 2. The molecule has 2 aromatic heterocycles. The summed E-state index contributed by atoms with van der Waals surface area (Å²) in [5, 5.41) is 28.7. The van der Waals surface area contributed by atoms with Gasteiger partial charge in [0.1, 0.15) is 11.9 Å². The molecular weight excluding hydrogens is 579 g/mol. The van der Waals surface area contributed by atoms with Crippen LogP contribution < -0.4 is 5.32 Å². The minimum atomic E-state index is -4.89. The fourth-order valence-electron chi connectivity index (χ4n) is 3.71. The molecule has 0 saturated heterocycles. The Morgan fingerprint density at radius 3 is 2.49 bits per heavy atom. The second-order valence-corrected chi connectivity index (χ2v) is 13.0. The predicted octanol–water partition coefficient (Wildman–Crippen LogP) is 3.52. The highest BCUT2D eigenvalue weighted by Crippen LogP contribution is 2.55. The lowest BCUT2D eigenvalue weighted by Gasteiger charge is -2.24. The number of allylic oxidation sites excluding steroid dienone is 1. The van der Waals surface area contributed by atoms with Gasteiger partial charge < -0.3 is 34.7 Å². The first-order valence-corrected chi connectivity index (χ1v) is 15.6. The maximum atomic E-state index is 15.4. The molecule has 6 N–H and O–H groups in total. The minimum absolute atomic E-state index is 0.0288. The second kappa shape index (κ2) is 12.9. The highest BCUT2D eigenvalue weighted by atomic mass is 35.5. The lowest BCUT2D eigenvalue weighted by molar-refractivity contribution is -0.0413. The van der Waals surface area contributed by atoms with E-state index in [1.807, 2.05) is 37.3 Å². The third-order valence-corrected chi connectivity index (χ3v) is 9.16. The first-order valence-electron chi connectivity index (χ1n) is 11.6. The van der Waals surface area contributed by atoms with Crippen molar-refractivity contribution in [3.05, 3.63) is 59.0 Å². The summed E-state index contributed by atoms with van der Waals surface area (Å²) in [7, 11) is -9.65. The number of benzene rings is 1. The summed E-state index contributed by atoms with van der Waals surface area (Å²) < 4.78 is 43.9. The summed E-state index contributed by atoms with van der Waals surface area (Å²) in [4.78, 5) is 35.8. The number of halogens is 2. The summed E-state index contributed by atoms with van der Waals surface area (Å²) in [6, 6.07) is 9.24. The molecule has 0 amide bonds. The van der Waals surface area contributed by atoms with E-state index in [2.05, 4.69) is 20.4 Å². The average molecular weight is 608 g/mol. The largest absolute Gasteiger partial charge is 0.385 e. The van der Waals surface area contributed by atoms with Crippen LogP contribution in [0.4, 0.5) is 10.2 Å². The van der Waals surface area contributed by atoms with E-state index in [4.69, 9.17) is 25.9 Å². The smallest absolute Gasteiger partial charge is 0.340 e. The van der Waals surface area contributed by atoms with Crippen LogP contribution in [0.15, 0.2) is 48.2 Å². The Morgan fingerprint density at radius 2 is 1.87 bits per heavy atom. The van der Waals surface area contributed by atoms with E-state index < -0.39 is 46.2 Å². The van der Waals surface area contributed by atoms with Gasteiger partial charge in [0, 0.05) is 6.04 Å². The number of hydrogen-bond donors (Lipinski definition) is 6. The molecule has 3 rings (SSSR count). The number of alkyl halides is 1. The van der Waals surface area contributed by atoms with Crippen molar-refractivity contribution in [2.75, 3.05) is 17.8 Å². The molecule has 0 fully saturated rings. The van der Waals surface area contributed by atoms with E-state index in [1.165, 1.54) is 12.3 Å². The Hall–Kier alpha value is -2.25. The van der Waals surface area contributed by atoms with Gasteiger partial charge in [0.15, 0.2) is 23.9 Å². The van der Waals surface area contributed by atoms with Crippen molar-refractivity contribution in [3.63, 3.8) is 0 Å².